The zero-order valence-corrected chi connectivity index (χ0v) is 10.8. The van der Waals surface area contributed by atoms with E-state index < -0.39 is 17.5 Å². The predicted octanol–water partition coefficient (Wildman–Crippen LogP) is 3.62. The van der Waals surface area contributed by atoms with Crippen molar-refractivity contribution in [2.75, 3.05) is 11.9 Å². The third kappa shape index (κ3) is 3.32. The summed E-state index contributed by atoms with van der Waals surface area (Å²) in [5.74, 6) is -1.30. The lowest BCUT2D eigenvalue weighted by molar-refractivity contribution is 0.102. The summed E-state index contributed by atoms with van der Waals surface area (Å²) in [7, 11) is 0. The minimum atomic E-state index is -0.694. The van der Waals surface area contributed by atoms with Crippen LogP contribution in [0.5, 0.6) is 5.75 Å². The van der Waals surface area contributed by atoms with Crippen LogP contribution in [0, 0.1) is 11.6 Å². The molecular weight excluding hydrogens is 264 g/mol. The molecule has 2 aromatic rings. The molecule has 0 aliphatic carbocycles. The molecule has 0 atom stereocenters. The fraction of sp³-hybridized carbons (Fsp3) is 0.133. The van der Waals surface area contributed by atoms with Gasteiger partial charge in [-0.3, -0.25) is 4.79 Å². The second-order valence-corrected chi connectivity index (χ2v) is 4.04. The molecular formula is C15H13F2NO2. The minimum Gasteiger partial charge on any atom is -0.494 e. The second-order valence-electron chi connectivity index (χ2n) is 4.04. The Morgan fingerprint density at radius 2 is 2.00 bits per heavy atom. The number of nitrogens with one attached hydrogen (secondary N) is 1. The summed E-state index contributed by atoms with van der Waals surface area (Å²) in [6, 6.07) is 9.35. The first-order valence-electron chi connectivity index (χ1n) is 6.09. The van der Waals surface area contributed by atoms with E-state index in [1.807, 2.05) is 6.92 Å². The summed E-state index contributed by atoms with van der Waals surface area (Å²) in [4.78, 5) is 12.0. The Bertz CT molecular complexity index is 629. The third-order valence-corrected chi connectivity index (χ3v) is 2.58. The summed E-state index contributed by atoms with van der Waals surface area (Å²) in [6.45, 7) is 2.30. The van der Waals surface area contributed by atoms with Crippen LogP contribution in [-0.4, -0.2) is 12.5 Å². The zero-order valence-electron chi connectivity index (χ0n) is 10.8. The van der Waals surface area contributed by atoms with Crippen molar-refractivity contribution in [2.45, 2.75) is 6.92 Å². The normalized spacial score (nSPS) is 10.2. The molecule has 0 aliphatic rings. The Balaban J connectivity index is 2.19. The van der Waals surface area contributed by atoms with Gasteiger partial charge in [-0.25, -0.2) is 8.78 Å². The highest BCUT2D eigenvalue weighted by Crippen LogP contribution is 2.18. The maximum absolute atomic E-state index is 13.4. The van der Waals surface area contributed by atoms with Gasteiger partial charge in [0.05, 0.1) is 12.3 Å². The van der Waals surface area contributed by atoms with Gasteiger partial charge in [0.1, 0.15) is 17.4 Å². The van der Waals surface area contributed by atoms with Gasteiger partial charge in [-0.15, -0.1) is 0 Å². The molecule has 2 aromatic carbocycles. The van der Waals surface area contributed by atoms with E-state index in [1.54, 1.807) is 18.2 Å². The Kier molecular flexibility index (Phi) is 4.30. The molecule has 2 rings (SSSR count). The number of hydrogen-bond acceptors (Lipinski definition) is 2. The van der Waals surface area contributed by atoms with E-state index in [4.69, 9.17) is 4.74 Å². The van der Waals surface area contributed by atoms with Crippen molar-refractivity contribution in [2.24, 2.45) is 0 Å². The summed E-state index contributed by atoms with van der Waals surface area (Å²) >= 11 is 0. The van der Waals surface area contributed by atoms with Crippen LogP contribution in [-0.2, 0) is 0 Å². The Morgan fingerprint density at radius 3 is 2.75 bits per heavy atom. The highest BCUT2D eigenvalue weighted by molar-refractivity contribution is 6.04. The number of anilines is 1. The van der Waals surface area contributed by atoms with Crippen molar-refractivity contribution < 1.29 is 18.3 Å². The monoisotopic (exact) mass is 277 g/mol. The zero-order chi connectivity index (χ0) is 14.5. The van der Waals surface area contributed by atoms with Gasteiger partial charge in [0.15, 0.2) is 0 Å². The summed E-state index contributed by atoms with van der Waals surface area (Å²) < 4.78 is 31.7. The number of ether oxygens (including phenoxy) is 1. The highest BCUT2D eigenvalue weighted by Gasteiger charge is 2.11. The first-order chi connectivity index (χ1) is 9.60. The van der Waals surface area contributed by atoms with Crippen LogP contribution in [0.25, 0.3) is 0 Å². The van der Waals surface area contributed by atoms with Crippen LogP contribution >= 0.6 is 0 Å². The van der Waals surface area contributed by atoms with Crippen molar-refractivity contribution >= 4 is 11.6 Å². The van der Waals surface area contributed by atoms with Crippen molar-refractivity contribution in [3.63, 3.8) is 0 Å². The third-order valence-electron chi connectivity index (χ3n) is 2.58. The molecule has 3 nitrogen and oxygen atoms in total. The molecule has 0 saturated carbocycles. The Labute approximate surface area is 115 Å². The topological polar surface area (TPSA) is 38.3 Å². The molecule has 0 radical (unpaired) electrons. The molecule has 0 unspecified atom stereocenters. The molecule has 0 aromatic heterocycles. The molecule has 104 valence electrons. The Morgan fingerprint density at radius 1 is 1.20 bits per heavy atom. The number of carbonyl (C=O) groups is 1. The maximum atomic E-state index is 13.4. The number of halogens is 2. The first-order valence-corrected chi connectivity index (χ1v) is 6.09. The number of amides is 1. The van der Waals surface area contributed by atoms with Crippen LogP contribution in [0.15, 0.2) is 42.5 Å². The standard InChI is InChI=1S/C15H13F2NO2/c1-2-20-12-5-3-4-10(8-12)15(19)18-14-9-11(16)6-7-13(14)17/h3-9H,2H2,1H3,(H,18,19). The average molecular weight is 277 g/mol. The van der Waals surface area contributed by atoms with E-state index in [0.717, 1.165) is 18.2 Å². The lowest BCUT2D eigenvalue weighted by Gasteiger charge is -2.08. The number of rotatable bonds is 4. The molecule has 0 spiro atoms. The van der Waals surface area contributed by atoms with Gasteiger partial charge in [-0.1, -0.05) is 6.07 Å². The molecule has 0 saturated heterocycles. The van der Waals surface area contributed by atoms with Crippen LogP contribution < -0.4 is 10.1 Å². The van der Waals surface area contributed by atoms with Gasteiger partial charge in [-0.05, 0) is 37.3 Å². The van der Waals surface area contributed by atoms with Gasteiger partial charge in [0.2, 0.25) is 0 Å². The number of benzene rings is 2. The average Bonchev–Trinajstić information content (AvgIpc) is 2.43. The van der Waals surface area contributed by atoms with Crippen molar-refractivity contribution in [1.82, 2.24) is 0 Å². The highest BCUT2D eigenvalue weighted by atomic mass is 19.1. The number of carbonyl (C=O) groups excluding carboxylic acids is 1. The van der Waals surface area contributed by atoms with Gasteiger partial charge in [0, 0.05) is 11.6 Å². The van der Waals surface area contributed by atoms with E-state index >= 15 is 0 Å². The van der Waals surface area contributed by atoms with E-state index in [1.165, 1.54) is 6.07 Å². The predicted molar refractivity (Wildman–Crippen MR) is 71.9 cm³/mol. The molecule has 5 heteroatoms. The molecule has 0 fully saturated rings. The fourth-order valence-electron chi connectivity index (χ4n) is 1.68. The molecule has 0 bridgehead atoms. The lowest BCUT2D eigenvalue weighted by atomic mass is 10.2. The molecule has 1 N–H and O–H groups in total. The Hall–Kier alpha value is -2.43. The van der Waals surface area contributed by atoms with Crippen LogP contribution in [0.4, 0.5) is 14.5 Å². The number of hydrogen-bond donors (Lipinski definition) is 1. The van der Waals surface area contributed by atoms with E-state index in [9.17, 15) is 13.6 Å². The van der Waals surface area contributed by atoms with Crippen molar-refractivity contribution in [3.8, 4) is 5.75 Å². The van der Waals surface area contributed by atoms with Crippen molar-refractivity contribution in [3.05, 3.63) is 59.7 Å². The summed E-state index contributed by atoms with van der Waals surface area (Å²) in [6.07, 6.45) is 0. The summed E-state index contributed by atoms with van der Waals surface area (Å²) in [5.41, 5.74) is 0.108. The van der Waals surface area contributed by atoms with Gasteiger partial charge < -0.3 is 10.1 Å². The van der Waals surface area contributed by atoms with E-state index in [2.05, 4.69) is 5.32 Å². The molecule has 20 heavy (non-hydrogen) atoms. The molecule has 0 heterocycles. The van der Waals surface area contributed by atoms with E-state index in [0.29, 0.717) is 17.9 Å². The minimum absolute atomic E-state index is 0.197. The van der Waals surface area contributed by atoms with Crippen LogP contribution in [0.3, 0.4) is 0 Å². The second kappa shape index (κ2) is 6.14. The SMILES string of the molecule is CCOc1cccc(C(=O)Nc2cc(F)ccc2F)c1. The quantitative estimate of drug-likeness (QED) is 0.927. The first kappa shape index (κ1) is 14.0. The van der Waals surface area contributed by atoms with Gasteiger partial charge >= 0.3 is 0 Å². The van der Waals surface area contributed by atoms with E-state index in [-0.39, 0.29) is 5.69 Å². The lowest BCUT2D eigenvalue weighted by Crippen LogP contribution is -2.13. The largest absolute Gasteiger partial charge is 0.494 e. The molecule has 0 aliphatic heterocycles. The van der Waals surface area contributed by atoms with Crippen LogP contribution in [0.2, 0.25) is 0 Å². The molecule has 1 amide bonds. The van der Waals surface area contributed by atoms with Gasteiger partial charge in [0.25, 0.3) is 5.91 Å². The maximum Gasteiger partial charge on any atom is 0.255 e. The van der Waals surface area contributed by atoms with Crippen molar-refractivity contribution in [1.29, 1.82) is 0 Å². The smallest absolute Gasteiger partial charge is 0.255 e. The fourth-order valence-corrected chi connectivity index (χ4v) is 1.68. The summed E-state index contributed by atoms with van der Waals surface area (Å²) in [5, 5.41) is 2.33. The van der Waals surface area contributed by atoms with Gasteiger partial charge in [-0.2, -0.15) is 0 Å². The van der Waals surface area contributed by atoms with Crippen LogP contribution in [0.1, 0.15) is 17.3 Å².